The predicted octanol–water partition coefficient (Wildman–Crippen LogP) is 4.78. The van der Waals surface area contributed by atoms with Crippen molar-refractivity contribution in [3.05, 3.63) is 59.8 Å². The molecule has 1 amide bonds. The molecule has 2 aromatic heterocycles. The second-order valence-corrected chi connectivity index (χ2v) is 11.4. The highest BCUT2D eigenvalue weighted by Gasteiger charge is 2.24. The van der Waals surface area contributed by atoms with Gasteiger partial charge in [-0.3, -0.25) is 9.32 Å². The summed E-state index contributed by atoms with van der Waals surface area (Å²) in [5, 5.41) is 5.05. The number of fused-ring (bicyclic) bond motifs is 3. The highest BCUT2D eigenvalue weighted by Crippen LogP contribution is 2.39. The van der Waals surface area contributed by atoms with Crippen molar-refractivity contribution < 1.29 is 28.4 Å². The van der Waals surface area contributed by atoms with E-state index in [0.717, 1.165) is 64.4 Å². The summed E-state index contributed by atoms with van der Waals surface area (Å²) in [6.45, 7) is 6.28. The van der Waals surface area contributed by atoms with Crippen molar-refractivity contribution in [3.63, 3.8) is 0 Å². The molecular weight excluding hydrogens is 531 g/mol. The van der Waals surface area contributed by atoms with Crippen LogP contribution in [0.2, 0.25) is 0 Å². The fourth-order valence-electron chi connectivity index (χ4n) is 4.84. The fraction of sp³-hybridized carbons (Fsp3) is 0.379. The van der Waals surface area contributed by atoms with Gasteiger partial charge in [0.15, 0.2) is 0 Å². The third-order valence-electron chi connectivity index (χ3n) is 7.04. The van der Waals surface area contributed by atoms with E-state index in [2.05, 4.69) is 30.8 Å². The van der Waals surface area contributed by atoms with Gasteiger partial charge in [0.25, 0.3) is 5.91 Å². The number of phosphoric acid groups is 1. The predicted molar refractivity (Wildman–Crippen MR) is 154 cm³/mol. The van der Waals surface area contributed by atoms with Gasteiger partial charge in [-0.1, -0.05) is 19.1 Å². The summed E-state index contributed by atoms with van der Waals surface area (Å²) in [5.41, 5.74) is 5.23. The number of carbonyl (C=O) groups excluding carboxylic acids is 1. The van der Waals surface area contributed by atoms with E-state index in [0.29, 0.717) is 37.1 Å². The molecule has 4 aromatic rings. The Kier molecular flexibility index (Phi) is 8.54. The van der Waals surface area contributed by atoms with Gasteiger partial charge in [0.2, 0.25) is 0 Å². The standard InChI is InChI=1S/C29H35N4O6P/c1-3-33(13-15-39-40(35,36)37)12-5-14-38-25-11-10-23(26-24-16-19(2)18-30-28(24)32-27(25)26)20-6-4-7-21(17-20)29(34)31-22-8-9-22/h4,6-7,10-11,16-18,22H,3,5,8-9,12-15H2,1-2H3,(H,30,32)(H,31,34)(H2,35,36,37). The van der Waals surface area contributed by atoms with Crippen LogP contribution in [-0.4, -0.2) is 69.5 Å². The van der Waals surface area contributed by atoms with E-state index >= 15 is 0 Å². The maximum Gasteiger partial charge on any atom is 0.469 e. The molecule has 0 unspecified atom stereocenters. The van der Waals surface area contributed by atoms with Gasteiger partial charge in [0.1, 0.15) is 11.4 Å². The molecular formula is C29H35N4O6P. The molecule has 10 nitrogen and oxygen atoms in total. The summed E-state index contributed by atoms with van der Waals surface area (Å²) in [6, 6.07) is 14.1. The number of aromatic nitrogens is 2. The number of hydrogen-bond donors (Lipinski definition) is 4. The van der Waals surface area contributed by atoms with Crippen molar-refractivity contribution >= 4 is 35.7 Å². The summed E-state index contributed by atoms with van der Waals surface area (Å²) in [7, 11) is -4.46. The van der Waals surface area contributed by atoms with E-state index in [1.54, 1.807) is 0 Å². The number of pyridine rings is 1. The Labute approximate surface area is 232 Å². The molecule has 40 heavy (non-hydrogen) atoms. The first-order valence-electron chi connectivity index (χ1n) is 13.6. The lowest BCUT2D eigenvalue weighted by molar-refractivity contribution is 0.0951. The molecule has 0 radical (unpaired) electrons. The minimum Gasteiger partial charge on any atom is -0.491 e. The molecule has 0 spiro atoms. The molecule has 1 aliphatic rings. The van der Waals surface area contributed by atoms with Crippen molar-refractivity contribution in [1.29, 1.82) is 0 Å². The minimum absolute atomic E-state index is 0.0357. The van der Waals surface area contributed by atoms with Gasteiger partial charge in [0, 0.05) is 41.7 Å². The molecule has 2 heterocycles. The fourth-order valence-corrected chi connectivity index (χ4v) is 5.16. The van der Waals surface area contributed by atoms with Crippen LogP contribution in [0, 0.1) is 6.92 Å². The Morgan fingerprint density at radius 1 is 1.18 bits per heavy atom. The number of ether oxygens (including phenoxy) is 1. The van der Waals surface area contributed by atoms with Gasteiger partial charge < -0.3 is 29.7 Å². The molecule has 11 heteroatoms. The largest absolute Gasteiger partial charge is 0.491 e. The third-order valence-corrected chi connectivity index (χ3v) is 7.56. The number of aryl methyl sites for hydroxylation is 1. The first-order chi connectivity index (χ1) is 19.2. The van der Waals surface area contributed by atoms with Gasteiger partial charge in [-0.15, -0.1) is 0 Å². The maximum absolute atomic E-state index is 12.7. The molecule has 212 valence electrons. The molecule has 0 aliphatic heterocycles. The molecule has 0 bridgehead atoms. The zero-order valence-corrected chi connectivity index (χ0v) is 23.6. The Bertz CT molecular complexity index is 1560. The number of rotatable bonds is 13. The van der Waals surface area contributed by atoms with Crippen LogP contribution in [0.5, 0.6) is 5.75 Å². The van der Waals surface area contributed by atoms with Crippen LogP contribution < -0.4 is 10.1 Å². The lowest BCUT2D eigenvalue weighted by Crippen LogP contribution is -2.29. The maximum atomic E-state index is 12.7. The second-order valence-electron chi connectivity index (χ2n) is 10.2. The van der Waals surface area contributed by atoms with Crippen LogP contribution in [-0.2, 0) is 9.09 Å². The number of H-pyrrole nitrogens is 1. The van der Waals surface area contributed by atoms with Crippen LogP contribution in [0.25, 0.3) is 33.1 Å². The average molecular weight is 567 g/mol. The third kappa shape index (κ3) is 6.89. The molecule has 1 fully saturated rings. The summed E-state index contributed by atoms with van der Waals surface area (Å²) in [5.74, 6) is 0.663. The Hall–Kier alpha value is -3.27. The highest BCUT2D eigenvalue weighted by molar-refractivity contribution is 7.46. The zero-order chi connectivity index (χ0) is 28.3. The van der Waals surface area contributed by atoms with Gasteiger partial charge >= 0.3 is 7.82 Å². The van der Waals surface area contributed by atoms with E-state index in [1.165, 1.54) is 0 Å². The van der Waals surface area contributed by atoms with Crippen LogP contribution in [0.4, 0.5) is 0 Å². The van der Waals surface area contributed by atoms with Gasteiger partial charge in [0.05, 0.1) is 18.7 Å². The van der Waals surface area contributed by atoms with Crippen molar-refractivity contribution in [1.82, 2.24) is 20.2 Å². The number of carbonyl (C=O) groups is 1. The van der Waals surface area contributed by atoms with E-state index in [9.17, 15) is 9.36 Å². The summed E-state index contributed by atoms with van der Waals surface area (Å²) < 4.78 is 21.7. The summed E-state index contributed by atoms with van der Waals surface area (Å²) in [4.78, 5) is 40.6. The monoisotopic (exact) mass is 566 g/mol. The van der Waals surface area contributed by atoms with Crippen molar-refractivity contribution in [2.24, 2.45) is 0 Å². The first kappa shape index (κ1) is 28.3. The second kappa shape index (κ2) is 12.1. The molecule has 4 N–H and O–H groups in total. The number of hydrogen-bond acceptors (Lipinski definition) is 6. The molecule has 2 aromatic carbocycles. The number of phosphoric ester groups is 1. The lowest BCUT2D eigenvalue weighted by atomic mass is 9.97. The van der Waals surface area contributed by atoms with E-state index in [4.69, 9.17) is 14.5 Å². The highest BCUT2D eigenvalue weighted by atomic mass is 31.2. The normalized spacial score (nSPS) is 13.8. The minimum atomic E-state index is -4.46. The topological polar surface area (TPSA) is 137 Å². The van der Waals surface area contributed by atoms with Crippen molar-refractivity contribution in [2.75, 3.05) is 32.8 Å². The van der Waals surface area contributed by atoms with Gasteiger partial charge in [-0.2, -0.15) is 0 Å². The number of aromatic amines is 1. The summed E-state index contributed by atoms with van der Waals surface area (Å²) >= 11 is 0. The van der Waals surface area contributed by atoms with Crippen molar-refractivity contribution in [2.45, 2.75) is 39.2 Å². The van der Waals surface area contributed by atoms with Crippen LogP contribution in [0.1, 0.15) is 42.1 Å². The lowest BCUT2D eigenvalue weighted by Gasteiger charge is -2.20. The van der Waals surface area contributed by atoms with E-state index < -0.39 is 7.82 Å². The molecule has 5 rings (SSSR count). The zero-order valence-electron chi connectivity index (χ0n) is 22.7. The number of nitrogens with zero attached hydrogens (tertiary/aromatic N) is 2. The first-order valence-corrected chi connectivity index (χ1v) is 15.1. The van der Waals surface area contributed by atoms with Crippen LogP contribution in [0.15, 0.2) is 48.7 Å². The number of likely N-dealkylation sites (N-methyl/N-ethyl adjacent to an activating group) is 1. The van der Waals surface area contributed by atoms with Gasteiger partial charge in [-0.05, 0) is 79.8 Å². The van der Waals surface area contributed by atoms with E-state index in [1.807, 2.05) is 56.4 Å². The quantitative estimate of drug-likeness (QED) is 0.134. The van der Waals surface area contributed by atoms with Crippen LogP contribution in [0.3, 0.4) is 0 Å². The molecule has 1 saturated carbocycles. The Balaban J connectivity index is 1.37. The number of benzene rings is 2. The SMILES string of the molecule is CCN(CCCOc1ccc(-c2cccc(C(=O)NC3CC3)c2)c2c1[nH]c1ncc(C)cc12)CCOP(=O)(O)O. The molecule has 0 atom stereocenters. The Morgan fingerprint density at radius 2 is 2.00 bits per heavy atom. The number of amides is 1. The smallest absolute Gasteiger partial charge is 0.469 e. The van der Waals surface area contributed by atoms with Crippen LogP contribution >= 0.6 is 7.82 Å². The van der Waals surface area contributed by atoms with Crippen molar-refractivity contribution in [3.8, 4) is 16.9 Å². The molecule has 0 saturated heterocycles. The van der Waals surface area contributed by atoms with Gasteiger partial charge in [-0.25, -0.2) is 9.55 Å². The molecule has 1 aliphatic carbocycles. The van der Waals surface area contributed by atoms with E-state index in [-0.39, 0.29) is 12.5 Å². The Morgan fingerprint density at radius 3 is 2.75 bits per heavy atom. The summed E-state index contributed by atoms with van der Waals surface area (Å²) in [6.07, 6.45) is 4.63. The number of nitrogens with one attached hydrogen (secondary N) is 2. The average Bonchev–Trinajstić information content (AvgIpc) is 3.66.